The molecule has 226 valence electrons. The summed E-state index contributed by atoms with van der Waals surface area (Å²) in [4.78, 5) is 39.4. The highest BCUT2D eigenvalue weighted by atomic mass is 32.2. The molecule has 0 radical (unpaired) electrons. The number of anilines is 2. The molecule has 0 unspecified atom stereocenters. The van der Waals surface area contributed by atoms with Gasteiger partial charge in [-0.1, -0.05) is 54.6 Å². The lowest BCUT2D eigenvalue weighted by Gasteiger charge is -2.14. The number of hydrogen-bond donors (Lipinski definition) is 3. The molecule has 7 nitrogen and oxygen atoms in total. The standard InChI is InChI=1S/C33H28F3N3O4S/c1-2-43-29-18-9-6-13-23(29)19-28(39-31(41)22-11-4-3-5-12-22)32(42)37-24-14-10-15-25(20-24)44-21-30(40)38-27-17-8-7-16-26(27)33(34,35)36/h3-20H,2,21H2,1H3,(H,37,42)(H,38,40)(H,39,41)/b28-19+. The van der Waals surface area contributed by atoms with Crippen LogP contribution in [0.5, 0.6) is 5.75 Å². The average molecular weight is 620 g/mol. The lowest BCUT2D eigenvalue weighted by molar-refractivity contribution is -0.137. The third-order valence-corrected chi connectivity index (χ3v) is 7.01. The quantitative estimate of drug-likeness (QED) is 0.122. The number of carbonyl (C=O) groups is 3. The zero-order valence-electron chi connectivity index (χ0n) is 23.5. The van der Waals surface area contributed by atoms with Crippen molar-refractivity contribution in [1.82, 2.24) is 5.32 Å². The summed E-state index contributed by atoms with van der Waals surface area (Å²) in [6.07, 6.45) is -3.09. The van der Waals surface area contributed by atoms with Gasteiger partial charge in [0.05, 0.1) is 23.6 Å². The number of para-hydroxylation sites is 2. The minimum atomic E-state index is -4.61. The fourth-order valence-corrected chi connectivity index (χ4v) is 4.78. The monoisotopic (exact) mass is 619 g/mol. The first-order valence-electron chi connectivity index (χ1n) is 13.4. The van der Waals surface area contributed by atoms with E-state index in [-0.39, 0.29) is 17.1 Å². The first-order chi connectivity index (χ1) is 21.1. The van der Waals surface area contributed by atoms with E-state index in [1.54, 1.807) is 78.9 Å². The van der Waals surface area contributed by atoms with Gasteiger partial charge in [-0.2, -0.15) is 13.2 Å². The Bertz CT molecular complexity index is 1660. The largest absolute Gasteiger partial charge is 0.493 e. The van der Waals surface area contributed by atoms with Gasteiger partial charge in [-0.25, -0.2) is 0 Å². The van der Waals surface area contributed by atoms with Crippen LogP contribution < -0.4 is 20.7 Å². The van der Waals surface area contributed by atoms with Gasteiger partial charge in [-0.15, -0.1) is 11.8 Å². The first kappa shape index (κ1) is 31.9. The minimum Gasteiger partial charge on any atom is -0.493 e. The minimum absolute atomic E-state index is 0.0354. The molecule has 0 atom stereocenters. The van der Waals surface area contributed by atoms with Crippen molar-refractivity contribution in [2.45, 2.75) is 18.0 Å². The molecule has 4 rings (SSSR count). The van der Waals surface area contributed by atoms with Crippen LogP contribution >= 0.6 is 11.8 Å². The predicted molar refractivity (Wildman–Crippen MR) is 165 cm³/mol. The van der Waals surface area contributed by atoms with Gasteiger partial charge in [0.25, 0.3) is 11.8 Å². The van der Waals surface area contributed by atoms with Gasteiger partial charge in [0.2, 0.25) is 5.91 Å². The van der Waals surface area contributed by atoms with E-state index in [0.29, 0.717) is 34.1 Å². The Balaban J connectivity index is 1.48. The van der Waals surface area contributed by atoms with E-state index in [9.17, 15) is 27.6 Å². The van der Waals surface area contributed by atoms with Gasteiger partial charge in [-0.05, 0) is 61.5 Å². The summed E-state index contributed by atoms with van der Waals surface area (Å²) in [6, 6.07) is 26.9. The van der Waals surface area contributed by atoms with Crippen molar-refractivity contribution in [1.29, 1.82) is 0 Å². The van der Waals surface area contributed by atoms with Crippen LogP contribution in [0.3, 0.4) is 0 Å². The maximum absolute atomic E-state index is 13.4. The van der Waals surface area contributed by atoms with E-state index in [1.165, 1.54) is 24.3 Å². The highest BCUT2D eigenvalue weighted by Crippen LogP contribution is 2.34. The lowest BCUT2D eigenvalue weighted by atomic mass is 10.1. The van der Waals surface area contributed by atoms with Crippen LogP contribution in [0, 0.1) is 0 Å². The summed E-state index contributed by atoms with van der Waals surface area (Å²) in [5.41, 5.74) is 0.0196. The van der Waals surface area contributed by atoms with Crippen LogP contribution in [0.15, 0.2) is 114 Å². The Morgan fingerprint density at radius 1 is 0.841 bits per heavy atom. The number of alkyl halides is 3. The van der Waals surface area contributed by atoms with E-state index in [1.807, 2.05) is 6.92 Å². The maximum atomic E-state index is 13.4. The Morgan fingerprint density at radius 2 is 1.55 bits per heavy atom. The summed E-state index contributed by atoms with van der Waals surface area (Å²) in [5.74, 6) is -1.35. The Morgan fingerprint density at radius 3 is 2.30 bits per heavy atom. The number of thioether (sulfide) groups is 1. The summed E-state index contributed by atoms with van der Waals surface area (Å²) in [5, 5.41) is 7.75. The molecule has 0 saturated carbocycles. The topological polar surface area (TPSA) is 96.5 Å². The molecule has 44 heavy (non-hydrogen) atoms. The normalized spacial score (nSPS) is 11.4. The van der Waals surface area contributed by atoms with Crippen molar-refractivity contribution >= 4 is 46.9 Å². The number of halogens is 3. The SMILES string of the molecule is CCOc1ccccc1/C=C(/NC(=O)c1ccccc1)C(=O)Nc1cccc(SCC(=O)Nc2ccccc2C(F)(F)F)c1. The van der Waals surface area contributed by atoms with Crippen molar-refractivity contribution < 1.29 is 32.3 Å². The maximum Gasteiger partial charge on any atom is 0.418 e. The van der Waals surface area contributed by atoms with Crippen LogP contribution in [0.25, 0.3) is 6.08 Å². The zero-order chi connectivity index (χ0) is 31.5. The van der Waals surface area contributed by atoms with Crippen molar-refractivity contribution in [3.05, 3.63) is 126 Å². The molecular weight excluding hydrogens is 591 g/mol. The molecule has 0 saturated heterocycles. The molecule has 0 heterocycles. The van der Waals surface area contributed by atoms with Crippen molar-refractivity contribution in [2.24, 2.45) is 0 Å². The Hall–Kier alpha value is -5.03. The van der Waals surface area contributed by atoms with Crippen LogP contribution in [0.2, 0.25) is 0 Å². The van der Waals surface area contributed by atoms with Crippen molar-refractivity contribution in [2.75, 3.05) is 23.0 Å². The van der Waals surface area contributed by atoms with E-state index >= 15 is 0 Å². The molecule has 4 aromatic rings. The highest BCUT2D eigenvalue weighted by Gasteiger charge is 2.33. The van der Waals surface area contributed by atoms with E-state index in [0.717, 1.165) is 17.8 Å². The zero-order valence-corrected chi connectivity index (χ0v) is 24.3. The lowest BCUT2D eigenvalue weighted by Crippen LogP contribution is -2.30. The number of hydrogen-bond acceptors (Lipinski definition) is 5. The van der Waals surface area contributed by atoms with Gasteiger partial charge in [0.1, 0.15) is 11.4 Å². The van der Waals surface area contributed by atoms with Crippen molar-refractivity contribution in [3.8, 4) is 5.75 Å². The molecule has 0 aliphatic carbocycles. The number of benzene rings is 4. The van der Waals surface area contributed by atoms with Crippen LogP contribution in [-0.4, -0.2) is 30.1 Å². The number of ether oxygens (including phenoxy) is 1. The molecule has 0 fully saturated rings. The van der Waals surface area contributed by atoms with E-state index < -0.39 is 29.5 Å². The molecule has 4 aromatic carbocycles. The fourth-order valence-electron chi connectivity index (χ4n) is 4.02. The predicted octanol–water partition coefficient (Wildman–Crippen LogP) is 7.24. The first-order valence-corrected chi connectivity index (χ1v) is 14.4. The van der Waals surface area contributed by atoms with Crippen molar-refractivity contribution in [3.63, 3.8) is 0 Å². The number of amides is 3. The summed E-state index contributed by atoms with van der Waals surface area (Å²) >= 11 is 1.08. The third kappa shape index (κ3) is 8.98. The second kappa shape index (κ2) is 14.9. The molecule has 11 heteroatoms. The van der Waals surface area contributed by atoms with Gasteiger partial charge in [0, 0.05) is 21.7 Å². The van der Waals surface area contributed by atoms with Crippen LogP contribution in [-0.2, 0) is 15.8 Å². The highest BCUT2D eigenvalue weighted by molar-refractivity contribution is 8.00. The molecule has 0 aromatic heterocycles. The van der Waals surface area contributed by atoms with Crippen LogP contribution in [0.4, 0.5) is 24.5 Å². The molecule has 0 bridgehead atoms. The Kier molecular flexibility index (Phi) is 10.8. The Labute approximate surface area is 256 Å². The molecule has 0 aliphatic rings. The molecule has 0 spiro atoms. The second-order valence-electron chi connectivity index (χ2n) is 9.21. The summed E-state index contributed by atoms with van der Waals surface area (Å²) in [6.45, 7) is 2.24. The molecule has 3 amide bonds. The van der Waals surface area contributed by atoms with Crippen LogP contribution in [0.1, 0.15) is 28.4 Å². The van der Waals surface area contributed by atoms with Gasteiger partial charge >= 0.3 is 6.18 Å². The summed E-state index contributed by atoms with van der Waals surface area (Å²) in [7, 11) is 0. The van der Waals surface area contributed by atoms with Gasteiger partial charge in [0.15, 0.2) is 0 Å². The smallest absolute Gasteiger partial charge is 0.418 e. The van der Waals surface area contributed by atoms with E-state index in [4.69, 9.17) is 4.74 Å². The molecular formula is C33H28F3N3O4S. The van der Waals surface area contributed by atoms with E-state index in [2.05, 4.69) is 16.0 Å². The third-order valence-electron chi connectivity index (χ3n) is 6.02. The number of carbonyl (C=O) groups excluding carboxylic acids is 3. The van der Waals surface area contributed by atoms with Gasteiger partial charge in [-0.3, -0.25) is 14.4 Å². The number of nitrogens with one attached hydrogen (secondary N) is 3. The number of rotatable bonds is 11. The fraction of sp³-hybridized carbons (Fsp3) is 0.121. The molecule has 3 N–H and O–H groups in total. The average Bonchev–Trinajstić information content (AvgIpc) is 3.01. The molecule has 0 aliphatic heterocycles. The summed E-state index contributed by atoms with van der Waals surface area (Å²) < 4.78 is 45.5. The van der Waals surface area contributed by atoms with Gasteiger partial charge < -0.3 is 20.7 Å². The second-order valence-corrected chi connectivity index (χ2v) is 10.3.